The van der Waals surface area contributed by atoms with Crippen LogP contribution >= 0.6 is 15.9 Å². The summed E-state index contributed by atoms with van der Waals surface area (Å²) in [6.45, 7) is 1.86. The topological polar surface area (TPSA) is 12.0 Å². The molecule has 1 unspecified atom stereocenters. The van der Waals surface area contributed by atoms with Gasteiger partial charge in [-0.1, -0.05) is 28.1 Å². The van der Waals surface area contributed by atoms with Gasteiger partial charge in [0, 0.05) is 17.1 Å². The van der Waals surface area contributed by atoms with E-state index in [1.165, 1.54) is 0 Å². The minimum Gasteiger partial charge on any atom is -0.314 e. The van der Waals surface area contributed by atoms with Gasteiger partial charge in [-0.25, -0.2) is 0 Å². The molecule has 0 aliphatic rings. The summed E-state index contributed by atoms with van der Waals surface area (Å²) in [5, 5.41) is 2.87. The molecular weight excluding hydrogens is 295 g/mol. The van der Waals surface area contributed by atoms with E-state index in [0.717, 1.165) is 16.5 Å². The van der Waals surface area contributed by atoms with Crippen LogP contribution in [0.1, 0.15) is 18.9 Å². The summed E-state index contributed by atoms with van der Waals surface area (Å²) in [5.41, 5.74) is 1.11. The summed E-state index contributed by atoms with van der Waals surface area (Å²) >= 11 is 3.33. The van der Waals surface area contributed by atoms with Gasteiger partial charge in [0.25, 0.3) is 0 Å². The fraction of sp³-hybridized carbons (Fsp3) is 0.500. The molecule has 0 aromatic heterocycles. The van der Waals surface area contributed by atoms with Gasteiger partial charge in [-0.15, -0.1) is 0 Å². The second kappa shape index (κ2) is 6.40. The molecule has 0 amide bonds. The first-order valence-electron chi connectivity index (χ1n) is 5.41. The molecule has 0 radical (unpaired) electrons. The Balaban J connectivity index is 2.30. The fourth-order valence-electron chi connectivity index (χ4n) is 1.51. The molecule has 0 spiro atoms. The Hall–Kier alpha value is -0.550. The zero-order chi connectivity index (χ0) is 12.9. The largest absolute Gasteiger partial charge is 0.390 e. The third-order valence-electron chi connectivity index (χ3n) is 2.36. The monoisotopic (exact) mass is 309 g/mol. The van der Waals surface area contributed by atoms with Crippen molar-refractivity contribution in [1.29, 1.82) is 0 Å². The van der Waals surface area contributed by atoms with Gasteiger partial charge in [0.2, 0.25) is 0 Å². The molecular formula is C12H15BrF3N. The highest BCUT2D eigenvalue weighted by Crippen LogP contribution is 2.18. The molecule has 1 N–H and O–H groups in total. The molecule has 0 bridgehead atoms. The fourth-order valence-corrected chi connectivity index (χ4v) is 1.77. The maximum Gasteiger partial charge on any atom is 0.390 e. The SMILES string of the molecule is CC(Cc1ccc(Br)cc1)NCCC(F)(F)F. The Kier molecular flexibility index (Phi) is 5.46. The van der Waals surface area contributed by atoms with Crippen molar-refractivity contribution < 1.29 is 13.2 Å². The lowest BCUT2D eigenvalue weighted by atomic mass is 10.1. The Labute approximate surface area is 108 Å². The van der Waals surface area contributed by atoms with Crippen LogP contribution in [0.25, 0.3) is 0 Å². The molecule has 0 fully saturated rings. The van der Waals surface area contributed by atoms with E-state index in [1.54, 1.807) is 0 Å². The normalized spacial score (nSPS) is 13.7. The molecule has 1 atom stereocenters. The van der Waals surface area contributed by atoms with E-state index < -0.39 is 12.6 Å². The van der Waals surface area contributed by atoms with Gasteiger partial charge in [0.1, 0.15) is 0 Å². The van der Waals surface area contributed by atoms with Crippen molar-refractivity contribution in [3.05, 3.63) is 34.3 Å². The van der Waals surface area contributed by atoms with Gasteiger partial charge in [0.05, 0.1) is 6.42 Å². The van der Waals surface area contributed by atoms with Crippen LogP contribution in [-0.4, -0.2) is 18.8 Å². The predicted octanol–water partition coefficient (Wildman–Crippen LogP) is 3.92. The second-order valence-corrected chi connectivity index (χ2v) is 4.97. The van der Waals surface area contributed by atoms with E-state index >= 15 is 0 Å². The first kappa shape index (κ1) is 14.5. The molecule has 0 saturated heterocycles. The Morgan fingerprint density at radius 1 is 1.24 bits per heavy atom. The quantitative estimate of drug-likeness (QED) is 0.869. The molecule has 1 aromatic carbocycles. The number of hydrogen-bond donors (Lipinski definition) is 1. The summed E-state index contributed by atoms with van der Waals surface area (Å²) < 4.78 is 36.8. The van der Waals surface area contributed by atoms with E-state index in [9.17, 15) is 13.2 Å². The minimum absolute atomic E-state index is 0.0266. The highest BCUT2D eigenvalue weighted by Gasteiger charge is 2.26. The van der Waals surface area contributed by atoms with E-state index in [-0.39, 0.29) is 12.6 Å². The molecule has 17 heavy (non-hydrogen) atoms. The van der Waals surface area contributed by atoms with Crippen molar-refractivity contribution in [2.45, 2.75) is 32.0 Å². The van der Waals surface area contributed by atoms with Gasteiger partial charge >= 0.3 is 6.18 Å². The first-order chi connectivity index (χ1) is 7.87. The van der Waals surface area contributed by atoms with Crippen LogP contribution in [0.15, 0.2) is 28.7 Å². The molecule has 1 aromatic rings. The zero-order valence-corrected chi connectivity index (χ0v) is 11.1. The van der Waals surface area contributed by atoms with Gasteiger partial charge in [-0.2, -0.15) is 13.2 Å². The van der Waals surface area contributed by atoms with Crippen LogP contribution in [0.5, 0.6) is 0 Å². The number of rotatable bonds is 5. The molecule has 0 heterocycles. The van der Waals surface area contributed by atoms with E-state index in [0.29, 0.717) is 0 Å². The summed E-state index contributed by atoms with van der Waals surface area (Å²) in [4.78, 5) is 0. The zero-order valence-electron chi connectivity index (χ0n) is 9.52. The van der Waals surface area contributed by atoms with E-state index in [4.69, 9.17) is 0 Å². The molecule has 96 valence electrons. The van der Waals surface area contributed by atoms with Crippen molar-refractivity contribution in [3.8, 4) is 0 Å². The Bertz CT molecular complexity index is 335. The number of alkyl halides is 3. The Morgan fingerprint density at radius 2 is 1.82 bits per heavy atom. The molecule has 0 saturated carbocycles. The van der Waals surface area contributed by atoms with Gasteiger partial charge in [-0.3, -0.25) is 0 Å². The highest BCUT2D eigenvalue weighted by molar-refractivity contribution is 9.10. The van der Waals surface area contributed by atoms with Crippen molar-refractivity contribution in [1.82, 2.24) is 5.32 Å². The lowest BCUT2D eigenvalue weighted by Gasteiger charge is -2.14. The van der Waals surface area contributed by atoms with Crippen molar-refractivity contribution in [2.24, 2.45) is 0 Å². The summed E-state index contributed by atoms with van der Waals surface area (Å²) in [6.07, 6.45) is -4.13. The standard InChI is InChI=1S/C12H15BrF3N/c1-9(17-7-6-12(14,15)16)8-10-2-4-11(13)5-3-10/h2-5,9,17H,6-8H2,1H3. The maximum absolute atomic E-state index is 11.9. The third kappa shape index (κ3) is 6.68. The highest BCUT2D eigenvalue weighted by atomic mass is 79.9. The predicted molar refractivity (Wildman–Crippen MR) is 66.0 cm³/mol. The molecule has 1 rings (SSSR count). The van der Waals surface area contributed by atoms with Crippen molar-refractivity contribution >= 4 is 15.9 Å². The number of nitrogens with one attached hydrogen (secondary N) is 1. The van der Waals surface area contributed by atoms with Crippen LogP contribution < -0.4 is 5.32 Å². The summed E-state index contributed by atoms with van der Waals surface area (Å²) in [5.74, 6) is 0. The number of benzene rings is 1. The molecule has 5 heteroatoms. The maximum atomic E-state index is 11.9. The van der Waals surface area contributed by atoms with Crippen LogP contribution in [-0.2, 0) is 6.42 Å². The van der Waals surface area contributed by atoms with Gasteiger partial charge in [-0.05, 0) is 31.0 Å². The van der Waals surface area contributed by atoms with E-state index in [2.05, 4.69) is 21.2 Å². The Morgan fingerprint density at radius 3 is 2.35 bits per heavy atom. The molecule has 0 aliphatic carbocycles. The molecule has 1 nitrogen and oxygen atoms in total. The average molecular weight is 310 g/mol. The molecule has 0 aliphatic heterocycles. The summed E-state index contributed by atoms with van der Waals surface area (Å²) in [6, 6.07) is 7.83. The van der Waals surface area contributed by atoms with Crippen LogP contribution in [0.4, 0.5) is 13.2 Å². The second-order valence-electron chi connectivity index (χ2n) is 4.05. The average Bonchev–Trinajstić information content (AvgIpc) is 2.19. The van der Waals surface area contributed by atoms with E-state index in [1.807, 2.05) is 31.2 Å². The lowest BCUT2D eigenvalue weighted by Crippen LogP contribution is -2.31. The minimum atomic E-state index is -4.08. The first-order valence-corrected chi connectivity index (χ1v) is 6.21. The smallest absolute Gasteiger partial charge is 0.314 e. The summed E-state index contributed by atoms with van der Waals surface area (Å²) in [7, 11) is 0. The van der Waals surface area contributed by atoms with Crippen molar-refractivity contribution in [2.75, 3.05) is 6.54 Å². The van der Waals surface area contributed by atoms with Crippen LogP contribution in [0, 0.1) is 0 Å². The van der Waals surface area contributed by atoms with Crippen LogP contribution in [0.3, 0.4) is 0 Å². The van der Waals surface area contributed by atoms with Gasteiger partial charge < -0.3 is 5.32 Å². The van der Waals surface area contributed by atoms with Crippen molar-refractivity contribution in [3.63, 3.8) is 0 Å². The number of halogens is 4. The van der Waals surface area contributed by atoms with Gasteiger partial charge in [0.15, 0.2) is 0 Å². The lowest BCUT2D eigenvalue weighted by molar-refractivity contribution is -0.133. The van der Waals surface area contributed by atoms with Crippen LogP contribution in [0.2, 0.25) is 0 Å². The third-order valence-corrected chi connectivity index (χ3v) is 2.89. The number of hydrogen-bond acceptors (Lipinski definition) is 1.